The molecule has 134 valence electrons. The summed E-state index contributed by atoms with van der Waals surface area (Å²) in [6.07, 6.45) is 7.65. The van der Waals surface area contributed by atoms with Crippen LogP contribution < -0.4 is 4.90 Å². The van der Waals surface area contributed by atoms with Crippen LogP contribution in [0.25, 0.3) is 0 Å². The van der Waals surface area contributed by atoms with Gasteiger partial charge in [0, 0.05) is 19.3 Å². The van der Waals surface area contributed by atoms with E-state index in [1.807, 2.05) is 0 Å². The van der Waals surface area contributed by atoms with Crippen molar-refractivity contribution in [3.63, 3.8) is 0 Å². The van der Waals surface area contributed by atoms with E-state index in [0.717, 1.165) is 0 Å². The van der Waals surface area contributed by atoms with Gasteiger partial charge in [-0.15, -0.1) is 0 Å². The van der Waals surface area contributed by atoms with E-state index in [-0.39, 0.29) is 18.4 Å². The molecule has 2 aromatic rings. The van der Waals surface area contributed by atoms with Crippen LogP contribution in [-0.2, 0) is 9.53 Å². The number of aromatic nitrogens is 3. The first-order valence-corrected chi connectivity index (χ1v) is 8.57. The Kier molecular flexibility index (Phi) is 4.34. The lowest BCUT2D eigenvalue weighted by Crippen LogP contribution is -2.59. The zero-order valence-corrected chi connectivity index (χ0v) is 14.2. The topological polar surface area (TPSA) is 88.5 Å². The van der Waals surface area contributed by atoms with Crippen molar-refractivity contribution in [1.82, 2.24) is 19.9 Å². The highest BCUT2D eigenvalue weighted by Crippen LogP contribution is 2.32. The van der Waals surface area contributed by atoms with Crippen molar-refractivity contribution >= 4 is 17.5 Å². The van der Waals surface area contributed by atoms with Crippen LogP contribution in [-0.4, -0.2) is 63.5 Å². The van der Waals surface area contributed by atoms with Gasteiger partial charge >= 0.3 is 0 Å². The first kappa shape index (κ1) is 16.6. The Morgan fingerprint density at radius 1 is 1.15 bits per heavy atom. The van der Waals surface area contributed by atoms with E-state index < -0.39 is 5.60 Å². The second-order valence-corrected chi connectivity index (χ2v) is 6.56. The Morgan fingerprint density at radius 3 is 2.62 bits per heavy atom. The van der Waals surface area contributed by atoms with Gasteiger partial charge in [0.25, 0.3) is 11.8 Å². The zero-order valence-electron chi connectivity index (χ0n) is 14.2. The number of morpholine rings is 1. The fourth-order valence-electron chi connectivity index (χ4n) is 3.45. The highest BCUT2D eigenvalue weighted by Gasteiger charge is 2.43. The second kappa shape index (κ2) is 6.80. The molecule has 0 aromatic carbocycles. The molecule has 2 aliphatic heterocycles. The molecule has 0 N–H and O–H groups in total. The molecule has 26 heavy (non-hydrogen) atoms. The van der Waals surface area contributed by atoms with Gasteiger partial charge in [0.1, 0.15) is 18.6 Å². The largest absolute Gasteiger partial charge is 0.363 e. The van der Waals surface area contributed by atoms with Crippen LogP contribution in [0.2, 0.25) is 0 Å². The van der Waals surface area contributed by atoms with E-state index in [9.17, 15) is 9.59 Å². The van der Waals surface area contributed by atoms with Crippen molar-refractivity contribution in [2.24, 2.45) is 0 Å². The van der Waals surface area contributed by atoms with Crippen LogP contribution in [0.15, 0.2) is 43.1 Å². The summed E-state index contributed by atoms with van der Waals surface area (Å²) in [7, 11) is 0. The number of likely N-dealkylation sites (tertiary alicyclic amines) is 1. The molecule has 2 saturated heterocycles. The number of hydrogen-bond acceptors (Lipinski definition) is 6. The Labute approximate surface area is 150 Å². The monoisotopic (exact) mass is 353 g/mol. The van der Waals surface area contributed by atoms with E-state index >= 15 is 0 Å². The Morgan fingerprint density at radius 2 is 1.92 bits per heavy atom. The smallest absolute Gasteiger partial charge is 0.272 e. The van der Waals surface area contributed by atoms with Crippen molar-refractivity contribution in [2.75, 3.05) is 31.1 Å². The van der Waals surface area contributed by atoms with Crippen LogP contribution in [0.4, 0.5) is 5.69 Å². The summed E-state index contributed by atoms with van der Waals surface area (Å²) in [6.45, 7) is 1.62. The summed E-state index contributed by atoms with van der Waals surface area (Å²) in [4.78, 5) is 40.4. The zero-order chi connectivity index (χ0) is 18.0. The molecular formula is C18H19N5O3. The first-order chi connectivity index (χ1) is 12.7. The lowest BCUT2D eigenvalue weighted by molar-refractivity contribution is -0.143. The number of carbonyl (C=O) groups excluding carboxylic acids is 2. The van der Waals surface area contributed by atoms with Crippen molar-refractivity contribution in [1.29, 1.82) is 0 Å². The third kappa shape index (κ3) is 3.15. The molecule has 4 rings (SSSR count). The van der Waals surface area contributed by atoms with E-state index in [2.05, 4.69) is 15.0 Å². The Balaban J connectivity index is 1.45. The number of nitrogens with zero attached hydrogens (tertiary/aromatic N) is 5. The molecular weight excluding hydrogens is 334 g/mol. The van der Waals surface area contributed by atoms with Gasteiger partial charge in [-0.05, 0) is 25.0 Å². The molecule has 4 heterocycles. The van der Waals surface area contributed by atoms with E-state index in [4.69, 9.17) is 4.74 Å². The van der Waals surface area contributed by atoms with Crippen molar-refractivity contribution < 1.29 is 14.3 Å². The molecule has 2 aliphatic rings. The average molecular weight is 353 g/mol. The minimum Gasteiger partial charge on any atom is -0.363 e. The molecule has 0 bridgehead atoms. The van der Waals surface area contributed by atoms with Gasteiger partial charge in [-0.1, -0.05) is 6.07 Å². The minimum absolute atomic E-state index is 0.0308. The van der Waals surface area contributed by atoms with Crippen molar-refractivity contribution in [2.45, 2.75) is 18.4 Å². The maximum Gasteiger partial charge on any atom is 0.272 e. The van der Waals surface area contributed by atoms with Crippen LogP contribution in [0.1, 0.15) is 23.3 Å². The molecule has 8 heteroatoms. The SMILES string of the molecule is O=C(c1ccccn1)N1CCC2(CC1)CN(c1cncnc1)C(=O)CO2. The third-order valence-corrected chi connectivity index (χ3v) is 4.95. The van der Waals surface area contributed by atoms with E-state index in [1.165, 1.54) is 6.33 Å². The van der Waals surface area contributed by atoms with Gasteiger partial charge in [-0.3, -0.25) is 14.6 Å². The predicted octanol–water partition coefficient (Wildman–Crippen LogP) is 0.910. The number of carbonyl (C=O) groups is 2. The number of ether oxygens (including phenoxy) is 1. The summed E-state index contributed by atoms with van der Waals surface area (Å²) in [5.74, 6) is -0.168. The molecule has 1 spiro atoms. The molecule has 8 nitrogen and oxygen atoms in total. The number of pyridine rings is 1. The van der Waals surface area contributed by atoms with Gasteiger partial charge < -0.3 is 14.5 Å². The molecule has 0 atom stereocenters. The Hall–Kier alpha value is -2.87. The van der Waals surface area contributed by atoms with Gasteiger partial charge in [0.15, 0.2) is 0 Å². The number of anilines is 1. The maximum atomic E-state index is 12.6. The van der Waals surface area contributed by atoms with Gasteiger partial charge in [-0.2, -0.15) is 0 Å². The van der Waals surface area contributed by atoms with Crippen LogP contribution in [0, 0.1) is 0 Å². The lowest BCUT2D eigenvalue weighted by atomic mass is 9.89. The van der Waals surface area contributed by atoms with Crippen molar-refractivity contribution in [3.05, 3.63) is 48.8 Å². The average Bonchev–Trinajstić information content (AvgIpc) is 2.71. The standard InChI is InChI=1S/C18H19N5O3/c24-16-11-26-18(12-23(16)14-9-19-13-20-10-14)4-7-22(8-5-18)17(25)15-3-1-2-6-21-15/h1-3,6,9-10,13H,4-5,7-8,11-12H2. The number of hydrogen-bond donors (Lipinski definition) is 0. The highest BCUT2D eigenvalue weighted by atomic mass is 16.5. The minimum atomic E-state index is -0.440. The Bertz CT molecular complexity index is 791. The van der Waals surface area contributed by atoms with E-state index in [0.29, 0.717) is 43.9 Å². The first-order valence-electron chi connectivity index (χ1n) is 8.57. The quantitative estimate of drug-likeness (QED) is 0.797. The summed E-state index contributed by atoms with van der Waals surface area (Å²) >= 11 is 0. The van der Waals surface area contributed by atoms with Gasteiger partial charge in [0.05, 0.1) is 30.2 Å². The second-order valence-electron chi connectivity index (χ2n) is 6.56. The molecule has 0 aliphatic carbocycles. The molecule has 2 fully saturated rings. The van der Waals surface area contributed by atoms with Gasteiger partial charge in [-0.25, -0.2) is 9.97 Å². The third-order valence-electron chi connectivity index (χ3n) is 4.95. The van der Waals surface area contributed by atoms with Crippen molar-refractivity contribution in [3.8, 4) is 0 Å². The predicted molar refractivity (Wildman–Crippen MR) is 92.4 cm³/mol. The highest BCUT2D eigenvalue weighted by molar-refractivity contribution is 5.95. The normalized spacial score (nSPS) is 19.6. The summed E-state index contributed by atoms with van der Waals surface area (Å²) in [5.41, 5.74) is 0.684. The number of rotatable bonds is 2. The number of piperidine rings is 1. The molecule has 0 saturated carbocycles. The molecule has 2 amide bonds. The van der Waals surface area contributed by atoms with Gasteiger partial charge in [0.2, 0.25) is 0 Å². The fourth-order valence-corrected chi connectivity index (χ4v) is 3.45. The number of amides is 2. The summed E-state index contributed by atoms with van der Waals surface area (Å²) in [5, 5.41) is 0. The fraction of sp³-hybridized carbons (Fsp3) is 0.389. The molecule has 0 unspecified atom stereocenters. The summed E-state index contributed by atoms with van der Waals surface area (Å²) < 4.78 is 5.92. The molecule has 0 radical (unpaired) electrons. The summed E-state index contributed by atoms with van der Waals surface area (Å²) in [6, 6.07) is 5.32. The maximum absolute atomic E-state index is 12.6. The van der Waals surface area contributed by atoms with Crippen LogP contribution in [0.3, 0.4) is 0 Å². The van der Waals surface area contributed by atoms with Crippen LogP contribution in [0.5, 0.6) is 0 Å². The van der Waals surface area contributed by atoms with Crippen LogP contribution >= 0.6 is 0 Å². The molecule has 2 aromatic heterocycles. The van der Waals surface area contributed by atoms with E-state index in [1.54, 1.807) is 46.6 Å². The lowest BCUT2D eigenvalue weighted by Gasteiger charge is -2.46.